The normalized spacial score (nSPS) is 25.1. The van der Waals surface area contributed by atoms with Crippen LogP contribution in [-0.4, -0.2) is 11.9 Å². The van der Waals surface area contributed by atoms with E-state index in [2.05, 4.69) is 4.89 Å². The molecule has 1 N–H and O–H groups in total. The maximum atomic E-state index is 8.80. The summed E-state index contributed by atoms with van der Waals surface area (Å²) in [6, 6.07) is 0. The van der Waals surface area contributed by atoms with Crippen LogP contribution in [0.4, 0.5) is 0 Å². The van der Waals surface area contributed by atoms with Crippen molar-refractivity contribution in [1.29, 1.82) is 0 Å². The Morgan fingerprint density at radius 1 is 0.812 bits per heavy atom. The highest BCUT2D eigenvalue weighted by molar-refractivity contribution is 4.81. The van der Waals surface area contributed by atoms with Crippen LogP contribution in [0.25, 0.3) is 0 Å². The van der Waals surface area contributed by atoms with E-state index in [1.807, 2.05) is 0 Å². The van der Waals surface area contributed by atoms with E-state index in [0.29, 0.717) is 12.5 Å². The summed E-state index contributed by atoms with van der Waals surface area (Å²) in [6.45, 7) is 0.579. The monoisotopic (exact) mass is 226 g/mol. The van der Waals surface area contributed by atoms with E-state index in [9.17, 15) is 0 Å². The lowest BCUT2D eigenvalue weighted by Crippen LogP contribution is -2.30. The Morgan fingerprint density at radius 3 is 1.62 bits per heavy atom. The average molecular weight is 226 g/mol. The lowest BCUT2D eigenvalue weighted by atomic mass is 9.70. The molecule has 16 heavy (non-hydrogen) atoms. The fraction of sp³-hybridized carbons (Fsp3) is 1.00. The molecule has 0 aromatic carbocycles. The first-order chi connectivity index (χ1) is 7.92. The van der Waals surface area contributed by atoms with Gasteiger partial charge in [0.15, 0.2) is 0 Å². The molecule has 0 aromatic rings. The van der Waals surface area contributed by atoms with Crippen LogP contribution in [0.15, 0.2) is 0 Å². The molecule has 2 nitrogen and oxygen atoms in total. The van der Waals surface area contributed by atoms with E-state index < -0.39 is 0 Å². The first-order valence-corrected chi connectivity index (χ1v) is 7.18. The Bertz CT molecular complexity index is 163. The Balaban J connectivity index is 1.91. The van der Waals surface area contributed by atoms with Crippen molar-refractivity contribution in [3.63, 3.8) is 0 Å². The first kappa shape index (κ1) is 12.4. The van der Waals surface area contributed by atoms with Crippen LogP contribution in [-0.2, 0) is 4.89 Å². The van der Waals surface area contributed by atoms with Crippen LogP contribution in [0.2, 0.25) is 0 Å². The van der Waals surface area contributed by atoms with Crippen molar-refractivity contribution in [1.82, 2.24) is 0 Å². The second-order valence-electron chi connectivity index (χ2n) is 5.76. The highest BCUT2D eigenvalue weighted by atomic mass is 17.1. The predicted octanol–water partition coefficient (Wildman–Crippen LogP) is 4.25. The summed E-state index contributed by atoms with van der Waals surface area (Å²) >= 11 is 0. The minimum atomic E-state index is 0.579. The van der Waals surface area contributed by atoms with Gasteiger partial charge in [0.05, 0.1) is 6.61 Å². The summed E-state index contributed by atoms with van der Waals surface area (Å²) in [5, 5.41) is 8.80. The third-order valence-corrected chi connectivity index (χ3v) is 4.78. The molecule has 0 unspecified atom stereocenters. The summed E-state index contributed by atoms with van der Waals surface area (Å²) in [5.74, 6) is 2.28. The maximum Gasteiger partial charge on any atom is 0.0853 e. The lowest BCUT2D eigenvalue weighted by molar-refractivity contribution is -0.258. The third-order valence-electron chi connectivity index (χ3n) is 4.78. The van der Waals surface area contributed by atoms with E-state index >= 15 is 0 Å². The van der Waals surface area contributed by atoms with Gasteiger partial charge >= 0.3 is 0 Å². The van der Waals surface area contributed by atoms with Crippen molar-refractivity contribution in [3.05, 3.63) is 0 Å². The Morgan fingerprint density at radius 2 is 1.25 bits per heavy atom. The van der Waals surface area contributed by atoms with E-state index in [4.69, 9.17) is 5.26 Å². The number of rotatable bonds is 4. The van der Waals surface area contributed by atoms with E-state index in [1.54, 1.807) is 0 Å². The highest BCUT2D eigenvalue weighted by Crippen LogP contribution is 2.39. The minimum Gasteiger partial charge on any atom is -0.252 e. The summed E-state index contributed by atoms with van der Waals surface area (Å²) < 4.78 is 0. The van der Waals surface area contributed by atoms with Crippen molar-refractivity contribution in [2.45, 2.75) is 64.2 Å². The van der Waals surface area contributed by atoms with Gasteiger partial charge in [-0.05, 0) is 17.8 Å². The minimum absolute atomic E-state index is 0.579. The second-order valence-corrected chi connectivity index (χ2v) is 5.76. The van der Waals surface area contributed by atoms with Crippen molar-refractivity contribution in [2.24, 2.45) is 17.8 Å². The van der Waals surface area contributed by atoms with Crippen molar-refractivity contribution < 1.29 is 10.1 Å². The molecule has 0 saturated heterocycles. The van der Waals surface area contributed by atoms with Gasteiger partial charge in [-0.2, -0.15) is 0 Å². The van der Waals surface area contributed by atoms with Crippen LogP contribution >= 0.6 is 0 Å². The SMILES string of the molecule is OOCC(C1CCCCC1)C1CCCCC1. The molecule has 0 aromatic heterocycles. The molecule has 0 atom stereocenters. The summed E-state index contributed by atoms with van der Waals surface area (Å²) in [6.07, 6.45) is 13.8. The molecule has 0 heterocycles. The van der Waals surface area contributed by atoms with Crippen molar-refractivity contribution in [2.75, 3.05) is 6.61 Å². The van der Waals surface area contributed by atoms with Gasteiger partial charge in [0.2, 0.25) is 0 Å². The van der Waals surface area contributed by atoms with Gasteiger partial charge in [0.25, 0.3) is 0 Å². The Labute approximate surface area is 99.3 Å². The highest BCUT2D eigenvalue weighted by Gasteiger charge is 2.31. The third kappa shape index (κ3) is 3.21. The van der Waals surface area contributed by atoms with Gasteiger partial charge in [-0.3, -0.25) is 5.26 Å². The second kappa shape index (κ2) is 6.61. The molecule has 2 saturated carbocycles. The molecule has 2 fully saturated rings. The molecular formula is C14H26O2. The standard InChI is InChI=1S/C14H26O2/c15-16-11-14(12-7-3-1-4-8-12)13-9-5-2-6-10-13/h12-15H,1-11H2. The zero-order valence-electron chi connectivity index (χ0n) is 10.4. The molecule has 94 valence electrons. The van der Waals surface area contributed by atoms with Crippen molar-refractivity contribution >= 4 is 0 Å². The molecule has 2 heteroatoms. The largest absolute Gasteiger partial charge is 0.252 e. The molecule has 2 rings (SSSR count). The zero-order chi connectivity index (χ0) is 11.2. The predicted molar refractivity (Wildman–Crippen MR) is 65.2 cm³/mol. The van der Waals surface area contributed by atoms with Gasteiger partial charge in [-0.1, -0.05) is 64.2 Å². The fourth-order valence-electron chi connectivity index (χ4n) is 3.87. The van der Waals surface area contributed by atoms with Crippen LogP contribution in [0.1, 0.15) is 64.2 Å². The molecule has 2 aliphatic rings. The van der Waals surface area contributed by atoms with Crippen LogP contribution in [0.3, 0.4) is 0 Å². The van der Waals surface area contributed by atoms with Gasteiger partial charge in [-0.15, -0.1) is 0 Å². The quantitative estimate of drug-likeness (QED) is 0.573. The summed E-state index contributed by atoms with van der Waals surface area (Å²) in [7, 11) is 0. The summed E-state index contributed by atoms with van der Waals surface area (Å²) in [5.41, 5.74) is 0. The number of hydrogen-bond donors (Lipinski definition) is 1. The number of hydrogen-bond acceptors (Lipinski definition) is 2. The summed E-state index contributed by atoms with van der Waals surface area (Å²) in [4.78, 5) is 4.51. The molecule has 0 radical (unpaired) electrons. The molecule has 0 bridgehead atoms. The van der Waals surface area contributed by atoms with Crippen LogP contribution < -0.4 is 0 Å². The van der Waals surface area contributed by atoms with Gasteiger partial charge in [-0.25, -0.2) is 4.89 Å². The smallest absolute Gasteiger partial charge is 0.0853 e. The lowest BCUT2D eigenvalue weighted by Gasteiger charge is -2.37. The van der Waals surface area contributed by atoms with Crippen molar-refractivity contribution in [3.8, 4) is 0 Å². The molecule has 0 aliphatic heterocycles. The zero-order valence-corrected chi connectivity index (χ0v) is 10.4. The molecular weight excluding hydrogens is 200 g/mol. The molecule has 0 spiro atoms. The van der Waals surface area contributed by atoms with E-state index in [0.717, 1.165) is 11.8 Å². The van der Waals surface area contributed by atoms with Crippen LogP contribution in [0, 0.1) is 17.8 Å². The maximum absolute atomic E-state index is 8.80. The Hall–Kier alpha value is -0.0800. The van der Waals surface area contributed by atoms with Gasteiger partial charge < -0.3 is 0 Å². The Kier molecular flexibility index (Phi) is 5.11. The molecule has 2 aliphatic carbocycles. The van der Waals surface area contributed by atoms with E-state index in [-0.39, 0.29) is 0 Å². The first-order valence-electron chi connectivity index (χ1n) is 7.18. The van der Waals surface area contributed by atoms with Gasteiger partial charge in [0.1, 0.15) is 0 Å². The molecule has 0 amide bonds. The fourth-order valence-corrected chi connectivity index (χ4v) is 3.87. The topological polar surface area (TPSA) is 29.5 Å². The average Bonchev–Trinajstić information content (AvgIpc) is 2.38. The van der Waals surface area contributed by atoms with E-state index in [1.165, 1.54) is 64.2 Å². The van der Waals surface area contributed by atoms with Gasteiger partial charge in [0, 0.05) is 0 Å². The van der Waals surface area contributed by atoms with Crippen LogP contribution in [0.5, 0.6) is 0 Å².